The lowest BCUT2D eigenvalue weighted by molar-refractivity contribution is 0.0697. The Balaban J connectivity index is 1.73. The summed E-state index contributed by atoms with van der Waals surface area (Å²) in [5, 5.41) is 8.96. The average Bonchev–Trinajstić information content (AvgIpc) is 3.16. The predicted molar refractivity (Wildman–Crippen MR) is 82.6 cm³/mol. The number of hydrogen-bond acceptors (Lipinski definition) is 2. The third-order valence-corrected chi connectivity index (χ3v) is 3.94. The van der Waals surface area contributed by atoms with Gasteiger partial charge < -0.3 is 9.67 Å². The van der Waals surface area contributed by atoms with E-state index in [2.05, 4.69) is 22.0 Å². The van der Waals surface area contributed by atoms with Crippen LogP contribution in [0.25, 0.3) is 0 Å². The van der Waals surface area contributed by atoms with Crippen LogP contribution >= 0.6 is 0 Å². The summed E-state index contributed by atoms with van der Waals surface area (Å²) in [5.41, 5.74) is 1.96. The van der Waals surface area contributed by atoms with Crippen molar-refractivity contribution in [3.63, 3.8) is 0 Å². The van der Waals surface area contributed by atoms with Gasteiger partial charge in [0.05, 0.1) is 11.3 Å². The third-order valence-electron chi connectivity index (χ3n) is 3.94. The summed E-state index contributed by atoms with van der Waals surface area (Å²) in [7, 11) is 0. The highest BCUT2D eigenvalue weighted by Gasteiger charge is 2.15. The maximum atomic E-state index is 10.9. The van der Waals surface area contributed by atoms with E-state index in [4.69, 9.17) is 5.11 Å². The van der Waals surface area contributed by atoms with Gasteiger partial charge in [0, 0.05) is 30.2 Å². The van der Waals surface area contributed by atoms with Gasteiger partial charge in [-0.25, -0.2) is 4.79 Å². The minimum absolute atomic E-state index is 0.258. The van der Waals surface area contributed by atoms with E-state index in [9.17, 15) is 4.79 Å². The fourth-order valence-corrected chi connectivity index (χ4v) is 2.80. The van der Waals surface area contributed by atoms with Gasteiger partial charge in [0.2, 0.25) is 0 Å². The van der Waals surface area contributed by atoms with Crippen molar-refractivity contribution >= 4 is 17.9 Å². The van der Waals surface area contributed by atoms with E-state index in [1.807, 2.05) is 6.07 Å². The molecule has 1 heterocycles. The molecule has 2 aromatic rings. The second-order valence-electron chi connectivity index (χ2n) is 5.44. The van der Waals surface area contributed by atoms with Gasteiger partial charge in [0.25, 0.3) is 0 Å². The second kappa shape index (κ2) is 5.95. The Kier molecular flexibility index (Phi) is 3.86. The van der Waals surface area contributed by atoms with Gasteiger partial charge in [-0.2, -0.15) is 0 Å². The zero-order chi connectivity index (χ0) is 14.7. The Morgan fingerprint density at radius 3 is 2.86 bits per heavy atom. The molecule has 4 heteroatoms. The fourth-order valence-electron chi connectivity index (χ4n) is 2.80. The molecule has 1 aliphatic carbocycles. The van der Waals surface area contributed by atoms with E-state index >= 15 is 0 Å². The quantitative estimate of drug-likeness (QED) is 0.860. The molecule has 1 fully saturated rings. The van der Waals surface area contributed by atoms with E-state index in [1.54, 1.807) is 30.5 Å². The monoisotopic (exact) mass is 282 g/mol. The molecule has 4 nitrogen and oxygen atoms in total. The number of hydrogen-bond donors (Lipinski definition) is 1. The van der Waals surface area contributed by atoms with E-state index in [0.29, 0.717) is 11.7 Å². The minimum atomic E-state index is -0.931. The number of carboxylic acid groups (broad SMARTS) is 1. The number of aromatic carboxylic acids is 1. The molecule has 1 aromatic carbocycles. The molecule has 0 amide bonds. The van der Waals surface area contributed by atoms with Crippen LogP contribution in [0.2, 0.25) is 0 Å². The first-order valence-electron chi connectivity index (χ1n) is 7.27. The highest BCUT2D eigenvalue weighted by molar-refractivity contribution is 5.89. The van der Waals surface area contributed by atoms with Crippen molar-refractivity contribution in [2.24, 2.45) is 4.99 Å². The van der Waals surface area contributed by atoms with Crippen LogP contribution < -0.4 is 0 Å². The lowest BCUT2D eigenvalue weighted by atomic mass is 10.2. The van der Waals surface area contributed by atoms with Crippen LogP contribution in [0.4, 0.5) is 5.69 Å². The van der Waals surface area contributed by atoms with Crippen LogP contribution in [0.15, 0.2) is 47.7 Å². The molecule has 1 N–H and O–H groups in total. The summed E-state index contributed by atoms with van der Waals surface area (Å²) in [6, 6.07) is 9.33. The molecule has 108 valence electrons. The summed E-state index contributed by atoms with van der Waals surface area (Å²) >= 11 is 0. The largest absolute Gasteiger partial charge is 0.478 e. The van der Waals surface area contributed by atoms with Crippen LogP contribution in [-0.2, 0) is 0 Å². The van der Waals surface area contributed by atoms with Gasteiger partial charge in [-0.05, 0) is 37.1 Å². The Hall–Kier alpha value is -2.36. The topological polar surface area (TPSA) is 54.6 Å². The van der Waals surface area contributed by atoms with Crippen molar-refractivity contribution in [3.05, 3.63) is 53.9 Å². The molecule has 0 saturated heterocycles. The van der Waals surface area contributed by atoms with E-state index in [1.165, 1.54) is 25.7 Å². The van der Waals surface area contributed by atoms with Crippen molar-refractivity contribution in [2.75, 3.05) is 0 Å². The lowest BCUT2D eigenvalue weighted by Gasteiger charge is -2.10. The van der Waals surface area contributed by atoms with E-state index in [-0.39, 0.29) is 5.56 Å². The van der Waals surface area contributed by atoms with E-state index < -0.39 is 5.97 Å². The molecule has 0 bridgehead atoms. The summed E-state index contributed by atoms with van der Waals surface area (Å²) in [5.74, 6) is -0.931. The van der Waals surface area contributed by atoms with E-state index in [0.717, 1.165) is 5.56 Å². The number of nitrogens with zero attached hydrogens (tertiary/aromatic N) is 2. The van der Waals surface area contributed by atoms with Crippen LogP contribution in [0.1, 0.15) is 47.6 Å². The number of benzene rings is 1. The second-order valence-corrected chi connectivity index (χ2v) is 5.44. The first kappa shape index (κ1) is 13.6. The van der Waals surface area contributed by atoms with Crippen LogP contribution in [0, 0.1) is 0 Å². The molecule has 0 atom stereocenters. The SMILES string of the molecule is O=C(O)c1cccc(N=Cc2ccn(C3CCCC3)c2)c1. The summed E-state index contributed by atoms with van der Waals surface area (Å²) in [6.07, 6.45) is 11.1. The molecule has 3 rings (SSSR count). The van der Waals surface area contributed by atoms with Crippen molar-refractivity contribution in [1.82, 2.24) is 4.57 Å². The van der Waals surface area contributed by atoms with Gasteiger partial charge in [-0.3, -0.25) is 4.99 Å². The van der Waals surface area contributed by atoms with Gasteiger partial charge >= 0.3 is 5.97 Å². The van der Waals surface area contributed by atoms with Crippen molar-refractivity contribution < 1.29 is 9.90 Å². The predicted octanol–water partition coefficient (Wildman–Crippen LogP) is 4.05. The van der Waals surface area contributed by atoms with Gasteiger partial charge in [-0.15, -0.1) is 0 Å². The first-order chi connectivity index (χ1) is 10.2. The number of carbonyl (C=O) groups is 1. The average molecular weight is 282 g/mol. The Bertz CT molecular complexity index is 667. The third kappa shape index (κ3) is 3.21. The highest BCUT2D eigenvalue weighted by Crippen LogP contribution is 2.29. The highest BCUT2D eigenvalue weighted by atomic mass is 16.4. The van der Waals surface area contributed by atoms with Gasteiger partial charge in [0.15, 0.2) is 0 Å². The summed E-state index contributed by atoms with van der Waals surface area (Å²) in [4.78, 5) is 15.3. The zero-order valence-corrected chi connectivity index (χ0v) is 11.8. The molecule has 1 aromatic heterocycles. The van der Waals surface area contributed by atoms with Gasteiger partial charge in [-0.1, -0.05) is 18.9 Å². The maximum Gasteiger partial charge on any atom is 0.335 e. The van der Waals surface area contributed by atoms with Gasteiger partial charge in [0.1, 0.15) is 0 Å². The normalized spacial score (nSPS) is 15.8. The van der Waals surface area contributed by atoms with Crippen molar-refractivity contribution in [2.45, 2.75) is 31.7 Å². The zero-order valence-electron chi connectivity index (χ0n) is 11.8. The van der Waals surface area contributed by atoms with Crippen LogP contribution in [0.3, 0.4) is 0 Å². The van der Waals surface area contributed by atoms with Crippen LogP contribution in [-0.4, -0.2) is 21.9 Å². The number of rotatable bonds is 4. The lowest BCUT2D eigenvalue weighted by Crippen LogP contribution is -2.00. The number of carboxylic acids is 1. The Morgan fingerprint density at radius 2 is 2.10 bits per heavy atom. The molecule has 21 heavy (non-hydrogen) atoms. The molecule has 1 aliphatic rings. The molecular formula is C17H18N2O2. The molecule has 0 spiro atoms. The molecule has 0 aliphatic heterocycles. The van der Waals surface area contributed by atoms with Crippen LogP contribution in [0.5, 0.6) is 0 Å². The summed E-state index contributed by atoms with van der Waals surface area (Å²) in [6.45, 7) is 0. The van der Waals surface area contributed by atoms with Crippen molar-refractivity contribution in [3.8, 4) is 0 Å². The van der Waals surface area contributed by atoms with Crippen molar-refractivity contribution in [1.29, 1.82) is 0 Å². The maximum absolute atomic E-state index is 10.9. The molecule has 0 unspecified atom stereocenters. The Morgan fingerprint density at radius 1 is 1.29 bits per heavy atom. The fraction of sp³-hybridized carbons (Fsp3) is 0.294. The standard InChI is InChI=1S/C17H18N2O2/c20-17(21)14-4-3-5-15(10-14)18-11-13-8-9-19(12-13)16-6-1-2-7-16/h3-5,8-12,16H,1-2,6-7H2,(H,20,21). The molecule has 0 radical (unpaired) electrons. The smallest absolute Gasteiger partial charge is 0.335 e. The molecule has 1 saturated carbocycles. The number of aromatic nitrogens is 1. The summed E-state index contributed by atoms with van der Waals surface area (Å²) < 4.78 is 2.27. The Labute approximate surface area is 123 Å². The minimum Gasteiger partial charge on any atom is -0.478 e. The first-order valence-corrected chi connectivity index (χ1v) is 7.27. The number of aliphatic imine (C=N–C) groups is 1. The molecular weight excluding hydrogens is 264 g/mol.